The highest BCUT2D eigenvalue weighted by Crippen LogP contribution is 2.28. The number of nitrogens with zero attached hydrogens (tertiary/aromatic N) is 1. The third-order valence-electron chi connectivity index (χ3n) is 4.01. The molecule has 1 N–H and O–H groups in total. The van der Waals surface area contributed by atoms with Crippen molar-refractivity contribution < 1.29 is 5.11 Å². The molecule has 1 aliphatic rings. The summed E-state index contributed by atoms with van der Waals surface area (Å²) in [4.78, 5) is 2.40. The third-order valence-corrected chi connectivity index (χ3v) is 4.01. The minimum absolute atomic E-state index is 0.279. The maximum Gasteiger partial charge on any atom is 0.0443 e. The van der Waals surface area contributed by atoms with Crippen LogP contribution in [0, 0.1) is 6.92 Å². The van der Waals surface area contributed by atoms with Gasteiger partial charge < -0.3 is 5.11 Å². The molecule has 0 aromatic heterocycles. The molecule has 1 heterocycles. The van der Waals surface area contributed by atoms with Crippen molar-refractivity contribution in [2.24, 2.45) is 0 Å². The van der Waals surface area contributed by atoms with Crippen LogP contribution < -0.4 is 0 Å². The summed E-state index contributed by atoms with van der Waals surface area (Å²) in [6.07, 6.45) is 0.860. The number of aryl methyl sites for hydroxylation is 1. The molecule has 0 spiro atoms. The Balaban J connectivity index is 1.80. The number of fused-ring (bicyclic) bond motifs is 1. The Bertz CT molecular complexity index is 589. The van der Waals surface area contributed by atoms with Gasteiger partial charge in [0, 0.05) is 26.2 Å². The highest BCUT2D eigenvalue weighted by Gasteiger charge is 2.18. The third kappa shape index (κ3) is 2.77. The molecule has 2 nitrogen and oxygen atoms in total. The van der Waals surface area contributed by atoms with Gasteiger partial charge in [0.05, 0.1) is 0 Å². The molecule has 0 saturated heterocycles. The molecular formula is C18H21NO. The van der Waals surface area contributed by atoms with E-state index in [0.717, 1.165) is 26.1 Å². The van der Waals surface area contributed by atoms with E-state index in [1.165, 1.54) is 27.8 Å². The van der Waals surface area contributed by atoms with Crippen LogP contribution in [0.25, 0.3) is 11.1 Å². The van der Waals surface area contributed by atoms with Crippen LogP contribution in [0.1, 0.15) is 23.1 Å². The predicted octanol–water partition coefficient (Wildman–Crippen LogP) is 3.36. The molecule has 2 aromatic carbocycles. The minimum Gasteiger partial charge on any atom is -0.396 e. The SMILES string of the molecule is Cc1ccc(-c2ccc3c(c2)CN(CCCO)C3)cc1. The molecule has 0 atom stereocenters. The summed E-state index contributed by atoms with van der Waals surface area (Å²) in [6, 6.07) is 15.5. The second-order valence-electron chi connectivity index (χ2n) is 5.64. The van der Waals surface area contributed by atoms with Gasteiger partial charge in [-0.25, -0.2) is 0 Å². The highest BCUT2D eigenvalue weighted by molar-refractivity contribution is 5.65. The van der Waals surface area contributed by atoms with E-state index < -0.39 is 0 Å². The minimum atomic E-state index is 0.279. The van der Waals surface area contributed by atoms with Crippen molar-refractivity contribution in [3.05, 3.63) is 59.2 Å². The van der Waals surface area contributed by atoms with Gasteiger partial charge in [-0.3, -0.25) is 4.90 Å². The van der Waals surface area contributed by atoms with Crippen LogP contribution in [-0.2, 0) is 13.1 Å². The van der Waals surface area contributed by atoms with Crippen LogP contribution in [-0.4, -0.2) is 23.2 Å². The zero-order valence-corrected chi connectivity index (χ0v) is 12.0. The molecular weight excluding hydrogens is 246 g/mol. The monoisotopic (exact) mass is 267 g/mol. The van der Waals surface area contributed by atoms with E-state index in [2.05, 4.69) is 54.3 Å². The molecule has 2 heteroatoms. The molecule has 0 saturated carbocycles. The molecule has 0 fully saturated rings. The molecule has 1 aliphatic heterocycles. The topological polar surface area (TPSA) is 23.5 Å². The van der Waals surface area contributed by atoms with E-state index >= 15 is 0 Å². The summed E-state index contributed by atoms with van der Waals surface area (Å²) in [7, 11) is 0. The Morgan fingerprint density at radius 1 is 0.950 bits per heavy atom. The highest BCUT2D eigenvalue weighted by atomic mass is 16.3. The van der Waals surface area contributed by atoms with E-state index in [-0.39, 0.29) is 6.61 Å². The molecule has 0 radical (unpaired) electrons. The van der Waals surface area contributed by atoms with E-state index in [1.54, 1.807) is 0 Å². The average Bonchev–Trinajstić information content (AvgIpc) is 2.87. The summed E-state index contributed by atoms with van der Waals surface area (Å²) in [5.41, 5.74) is 6.74. The van der Waals surface area contributed by atoms with Crippen LogP contribution in [0.5, 0.6) is 0 Å². The first-order chi connectivity index (χ1) is 9.76. The molecule has 104 valence electrons. The maximum absolute atomic E-state index is 8.93. The maximum atomic E-state index is 8.93. The van der Waals surface area contributed by atoms with Crippen molar-refractivity contribution >= 4 is 0 Å². The van der Waals surface area contributed by atoms with E-state index in [1.807, 2.05) is 0 Å². The second kappa shape index (κ2) is 5.78. The van der Waals surface area contributed by atoms with E-state index in [4.69, 9.17) is 5.11 Å². The number of hydrogen-bond acceptors (Lipinski definition) is 2. The fourth-order valence-electron chi connectivity index (χ4n) is 2.84. The first-order valence-electron chi connectivity index (χ1n) is 7.28. The Kier molecular flexibility index (Phi) is 3.86. The Hall–Kier alpha value is -1.64. The lowest BCUT2D eigenvalue weighted by Crippen LogP contribution is -2.18. The smallest absolute Gasteiger partial charge is 0.0443 e. The van der Waals surface area contributed by atoms with Crippen molar-refractivity contribution in [3.8, 4) is 11.1 Å². The molecule has 0 unspecified atom stereocenters. The Morgan fingerprint density at radius 2 is 1.65 bits per heavy atom. The standard InChI is InChI=1S/C18H21NO/c1-14-3-5-15(6-4-14)16-7-8-17-12-19(9-2-10-20)13-18(17)11-16/h3-8,11,20H,2,9-10,12-13H2,1H3. The summed E-state index contributed by atoms with van der Waals surface area (Å²) >= 11 is 0. The van der Waals surface area contributed by atoms with Crippen LogP contribution in [0.15, 0.2) is 42.5 Å². The van der Waals surface area contributed by atoms with Gasteiger partial charge in [0.15, 0.2) is 0 Å². The molecule has 20 heavy (non-hydrogen) atoms. The van der Waals surface area contributed by atoms with Crippen molar-refractivity contribution in [2.75, 3.05) is 13.2 Å². The first-order valence-corrected chi connectivity index (χ1v) is 7.28. The van der Waals surface area contributed by atoms with Gasteiger partial charge in [-0.2, -0.15) is 0 Å². The van der Waals surface area contributed by atoms with Gasteiger partial charge in [0.1, 0.15) is 0 Å². The van der Waals surface area contributed by atoms with Gasteiger partial charge in [0.25, 0.3) is 0 Å². The van der Waals surface area contributed by atoms with Crippen molar-refractivity contribution in [3.63, 3.8) is 0 Å². The molecule has 0 aliphatic carbocycles. The summed E-state index contributed by atoms with van der Waals surface area (Å²) in [5.74, 6) is 0. The number of rotatable bonds is 4. The predicted molar refractivity (Wildman–Crippen MR) is 82.4 cm³/mol. The average molecular weight is 267 g/mol. The lowest BCUT2D eigenvalue weighted by molar-refractivity contribution is 0.226. The Labute approximate surface area is 120 Å². The fraction of sp³-hybridized carbons (Fsp3) is 0.333. The van der Waals surface area contributed by atoms with Gasteiger partial charge in [-0.1, -0.05) is 42.0 Å². The summed E-state index contributed by atoms with van der Waals surface area (Å²) in [6.45, 7) is 5.40. The van der Waals surface area contributed by atoms with Gasteiger partial charge >= 0.3 is 0 Å². The lowest BCUT2D eigenvalue weighted by atomic mass is 10.00. The van der Waals surface area contributed by atoms with Crippen LogP contribution in [0.3, 0.4) is 0 Å². The number of benzene rings is 2. The Morgan fingerprint density at radius 3 is 2.40 bits per heavy atom. The van der Waals surface area contributed by atoms with E-state index in [9.17, 15) is 0 Å². The van der Waals surface area contributed by atoms with Crippen molar-refractivity contribution in [1.29, 1.82) is 0 Å². The van der Waals surface area contributed by atoms with Gasteiger partial charge in [-0.05, 0) is 41.7 Å². The first kappa shape index (κ1) is 13.3. The van der Waals surface area contributed by atoms with Gasteiger partial charge in [-0.15, -0.1) is 0 Å². The van der Waals surface area contributed by atoms with Crippen molar-refractivity contribution in [2.45, 2.75) is 26.4 Å². The van der Waals surface area contributed by atoms with Crippen LogP contribution >= 0.6 is 0 Å². The zero-order chi connectivity index (χ0) is 13.9. The molecule has 0 bridgehead atoms. The summed E-state index contributed by atoms with van der Waals surface area (Å²) in [5, 5.41) is 8.93. The molecule has 2 aromatic rings. The molecule has 0 amide bonds. The van der Waals surface area contributed by atoms with Crippen LogP contribution in [0.4, 0.5) is 0 Å². The number of aliphatic hydroxyl groups excluding tert-OH is 1. The van der Waals surface area contributed by atoms with Crippen molar-refractivity contribution in [1.82, 2.24) is 4.90 Å². The molecule has 3 rings (SSSR count). The zero-order valence-electron chi connectivity index (χ0n) is 12.0. The van der Waals surface area contributed by atoms with Gasteiger partial charge in [0.2, 0.25) is 0 Å². The largest absolute Gasteiger partial charge is 0.396 e. The van der Waals surface area contributed by atoms with Crippen LogP contribution in [0.2, 0.25) is 0 Å². The quantitative estimate of drug-likeness (QED) is 0.918. The second-order valence-corrected chi connectivity index (χ2v) is 5.64. The normalized spacial score (nSPS) is 14.5. The number of hydrogen-bond donors (Lipinski definition) is 1. The summed E-state index contributed by atoms with van der Waals surface area (Å²) < 4.78 is 0. The lowest BCUT2D eigenvalue weighted by Gasteiger charge is -2.12. The number of aliphatic hydroxyl groups is 1. The van der Waals surface area contributed by atoms with E-state index in [0.29, 0.717) is 0 Å². The fourth-order valence-corrected chi connectivity index (χ4v) is 2.84.